The number of sulfone groups is 1. The van der Waals surface area contributed by atoms with E-state index in [1.54, 1.807) is 40.1 Å². The predicted molar refractivity (Wildman–Crippen MR) is 111 cm³/mol. The molecule has 0 aromatic heterocycles. The smallest absolute Gasteiger partial charge is 0.246 e. The molecule has 0 radical (unpaired) electrons. The second-order valence-electron chi connectivity index (χ2n) is 8.19. The quantitative estimate of drug-likeness (QED) is 0.636. The number of nitrogens with zero attached hydrogens (tertiary/aromatic N) is 3. The average Bonchev–Trinajstić information content (AvgIpc) is 3.63. The number of piperazine rings is 1. The molecular weight excluding hydrogens is 406 g/mol. The Morgan fingerprint density at radius 2 is 1.67 bits per heavy atom. The molecule has 1 saturated carbocycles. The van der Waals surface area contributed by atoms with Crippen LogP contribution in [0.25, 0.3) is 0 Å². The molecule has 1 aromatic rings. The van der Waals surface area contributed by atoms with Gasteiger partial charge in [0.15, 0.2) is 9.84 Å². The molecule has 1 aromatic carbocycles. The van der Waals surface area contributed by atoms with Gasteiger partial charge in [-0.15, -0.1) is 0 Å². The Bertz CT molecular complexity index is 866. The summed E-state index contributed by atoms with van der Waals surface area (Å²) in [6, 6.07) is 7.87. The van der Waals surface area contributed by atoms with E-state index in [4.69, 9.17) is 4.74 Å². The van der Waals surface area contributed by atoms with Crippen LogP contribution < -0.4 is 0 Å². The molecule has 1 unspecified atom stereocenters. The van der Waals surface area contributed by atoms with Gasteiger partial charge in [0.05, 0.1) is 23.9 Å². The van der Waals surface area contributed by atoms with Crippen LogP contribution in [0.1, 0.15) is 12.8 Å². The maximum atomic E-state index is 13.2. The highest BCUT2D eigenvalue weighted by Crippen LogP contribution is 2.32. The van der Waals surface area contributed by atoms with Crippen LogP contribution in [0.4, 0.5) is 0 Å². The first-order valence-electron chi connectivity index (χ1n) is 10.6. The summed E-state index contributed by atoms with van der Waals surface area (Å²) < 4.78 is 30.6. The fraction of sp³-hybridized carbons (Fsp3) is 0.619. The van der Waals surface area contributed by atoms with E-state index in [-0.39, 0.29) is 23.5 Å². The molecule has 0 bridgehead atoms. The summed E-state index contributed by atoms with van der Waals surface area (Å²) in [5.41, 5.74) is 0. The van der Waals surface area contributed by atoms with Crippen molar-refractivity contribution in [1.82, 2.24) is 14.7 Å². The maximum Gasteiger partial charge on any atom is 0.246 e. The van der Waals surface area contributed by atoms with Crippen LogP contribution in [0.5, 0.6) is 0 Å². The minimum atomic E-state index is -3.39. The number of rotatable bonds is 6. The van der Waals surface area contributed by atoms with Gasteiger partial charge in [0.2, 0.25) is 11.8 Å². The van der Waals surface area contributed by atoms with E-state index in [1.165, 1.54) is 0 Å². The predicted octanol–water partition coefficient (Wildman–Crippen LogP) is 0.242. The Kier molecular flexibility index (Phi) is 6.40. The van der Waals surface area contributed by atoms with Gasteiger partial charge >= 0.3 is 0 Å². The monoisotopic (exact) mass is 435 g/mol. The fourth-order valence-corrected chi connectivity index (χ4v) is 5.38. The summed E-state index contributed by atoms with van der Waals surface area (Å²) in [6.07, 6.45) is 1.79. The first-order valence-corrected chi connectivity index (χ1v) is 12.3. The highest BCUT2D eigenvalue weighted by molar-refractivity contribution is 7.91. The molecular formula is C21H29N3O5S. The second-order valence-corrected chi connectivity index (χ2v) is 10.3. The van der Waals surface area contributed by atoms with E-state index in [1.807, 2.05) is 4.90 Å². The summed E-state index contributed by atoms with van der Waals surface area (Å²) in [4.78, 5) is 31.8. The lowest BCUT2D eigenvalue weighted by molar-refractivity contribution is -0.152. The SMILES string of the molecule is O=C(C1CN(CCS(=O)(=O)c2ccccc2)CCN1C(=O)C1CC1)N1CCOCC1. The van der Waals surface area contributed by atoms with Gasteiger partial charge in [-0.2, -0.15) is 0 Å². The number of hydrogen-bond donors (Lipinski definition) is 0. The molecule has 2 aliphatic heterocycles. The van der Waals surface area contributed by atoms with Crippen LogP contribution in [0.15, 0.2) is 35.2 Å². The normalized spacial score (nSPS) is 23.4. The zero-order valence-electron chi connectivity index (χ0n) is 17.1. The molecule has 2 heterocycles. The van der Waals surface area contributed by atoms with Crippen molar-refractivity contribution in [3.8, 4) is 0 Å². The molecule has 164 valence electrons. The van der Waals surface area contributed by atoms with Gasteiger partial charge in [0, 0.05) is 45.2 Å². The van der Waals surface area contributed by atoms with E-state index >= 15 is 0 Å². The van der Waals surface area contributed by atoms with Gasteiger partial charge in [0.1, 0.15) is 6.04 Å². The van der Waals surface area contributed by atoms with Crippen molar-refractivity contribution >= 4 is 21.7 Å². The molecule has 0 N–H and O–H groups in total. The Morgan fingerprint density at radius 3 is 2.33 bits per heavy atom. The van der Waals surface area contributed by atoms with E-state index < -0.39 is 15.9 Å². The van der Waals surface area contributed by atoms with Crippen LogP contribution in [0.3, 0.4) is 0 Å². The van der Waals surface area contributed by atoms with Gasteiger partial charge in [-0.25, -0.2) is 8.42 Å². The number of carbonyl (C=O) groups excluding carboxylic acids is 2. The molecule has 2 amide bonds. The first-order chi connectivity index (χ1) is 14.5. The van der Waals surface area contributed by atoms with Crippen molar-refractivity contribution in [3.05, 3.63) is 30.3 Å². The molecule has 2 saturated heterocycles. The minimum absolute atomic E-state index is 0.00789. The van der Waals surface area contributed by atoms with Crippen LogP contribution in [-0.2, 0) is 24.2 Å². The van der Waals surface area contributed by atoms with E-state index in [0.29, 0.717) is 57.4 Å². The zero-order chi connectivity index (χ0) is 21.1. The summed E-state index contributed by atoms with van der Waals surface area (Å²) in [7, 11) is -3.39. The molecule has 0 spiro atoms. The lowest BCUT2D eigenvalue weighted by Gasteiger charge is -2.43. The van der Waals surface area contributed by atoms with Gasteiger partial charge in [0.25, 0.3) is 0 Å². The minimum Gasteiger partial charge on any atom is -0.378 e. The molecule has 8 nitrogen and oxygen atoms in total. The number of morpholine rings is 1. The Balaban J connectivity index is 1.43. The Morgan fingerprint density at radius 1 is 0.967 bits per heavy atom. The second kappa shape index (κ2) is 9.03. The topological polar surface area (TPSA) is 87.2 Å². The van der Waals surface area contributed by atoms with Crippen molar-refractivity contribution < 1.29 is 22.7 Å². The molecule has 1 atom stereocenters. The number of benzene rings is 1. The van der Waals surface area contributed by atoms with Crippen molar-refractivity contribution in [1.29, 1.82) is 0 Å². The third kappa shape index (κ3) is 4.84. The molecule has 9 heteroatoms. The third-order valence-electron chi connectivity index (χ3n) is 6.06. The summed E-state index contributed by atoms with van der Waals surface area (Å²) in [6.45, 7) is 3.83. The van der Waals surface area contributed by atoms with E-state index in [0.717, 1.165) is 12.8 Å². The number of ether oxygens (including phenoxy) is 1. The van der Waals surface area contributed by atoms with Crippen LogP contribution in [-0.4, -0.2) is 99.2 Å². The highest BCUT2D eigenvalue weighted by atomic mass is 32.2. The molecule has 30 heavy (non-hydrogen) atoms. The summed E-state index contributed by atoms with van der Waals surface area (Å²) in [5.74, 6) is 0.0579. The lowest BCUT2D eigenvalue weighted by Crippen LogP contribution is -2.62. The van der Waals surface area contributed by atoms with Crippen LogP contribution in [0.2, 0.25) is 0 Å². The number of carbonyl (C=O) groups is 2. The van der Waals surface area contributed by atoms with Crippen molar-refractivity contribution in [3.63, 3.8) is 0 Å². The Hall–Kier alpha value is -1.97. The van der Waals surface area contributed by atoms with E-state index in [2.05, 4.69) is 0 Å². The highest BCUT2D eigenvalue weighted by Gasteiger charge is 2.42. The van der Waals surface area contributed by atoms with Gasteiger partial charge in [-0.1, -0.05) is 18.2 Å². The fourth-order valence-electron chi connectivity index (χ4n) is 4.07. The molecule has 4 rings (SSSR count). The van der Waals surface area contributed by atoms with E-state index in [9.17, 15) is 18.0 Å². The van der Waals surface area contributed by atoms with Crippen molar-refractivity contribution in [2.75, 3.05) is 58.2 Å². The first kappa shape index (κ1) is 21.3. The molecule has 3 aliphatic rings. The lowest BCUT2D eigenvalue weighted by atomic mass is 10.1. The van der Waals surface area contributed by atoms with Crippen LogP contribution >= 0.6 is 0 Å². The number of hydrogen-bond acceptors (Lipinski definition) is 6. The van der Waals surface area contributed by atoms with Gasteiger partial charge in [-0.05, 0) is 25.0 Å². The summed E-state index contributed by atoms with van der Waals surface area (Å²) >= 11 is 0. The maximum absolute atomic E-state index is 13.2. The third-order valence-corrected chi connectivity index (χ3v) is 7.77. The summed E-state index contributed by atoms with van der Waals surface area (Å²) in [5, 5.41) is 0. The largest absolute Gasteiger partial charge is 0.378 e. The van der Waals surface area contributed by atoms with Crippen molar-refractivity contribution in [2.24, 2.45) is 5.92 Å². The molecule has 3 fully saturated rings. The average molecular weight is 436 g/mol. The van der Waals surface area contributed by atoms with Gasteiger partial charge < -0.3 is 14.5 Å². The number of amides is 2. The molecule has 1 aliphatic carbocycles. The van der Waals surface area contributed by atoms with Crippen LogP contribution in [0, 0.1) is 5.92 Å². The van der Waals surface area contributed by atoms with Gasteiger partial charge in [-0.3, -0.25) is 14.5 Å². The standard InChI is InChI=1S/C21H29N3O5S/c25-20(17-6-7-17)24-9-8-22(12-15-30(27,28)18-4-2-1-3-5-18)16-19(24)21(26)23-10-13-29-14-11-23/h1-5,17,19H,6-16H2. The zero-order valence-corrected chi connectivity index (χ0v) is 17.9. The Labute approximate surface area is 177 Å². The van der Waals surface area contributed by atoms with Crippen molar-refractivity contribution in [2.45, 2.75) is 23.8 Å².